The fourth-order valence-corrected chi connectivity index (χ4v) is 3.68. The SMILES string of the molecule is CCNC(=NCCS(=O)Cc1ccccc1)N(C)Cc1ccccc1C.I. The van der Waals surface area contributed by atoms with Gasteiger partial charge in [0.05, 0.1) is 6.54 Å². The highest BCUT2D eigenvalue weighted by Gasteiger charge is 2.08. The lowest BCUT2D eigenvalue weighted by Crippen LogP contribution is -2.38. The molecule has 0 bridgehead atoms. The maximum absolute atomic E-state index is 12.3. The molecule has 6 heteroatoms. The van der Waals surface area contributed by atoms with Gasteiger partial charge in [0.25, 0.3) is 0 Å². The van der Waals surface area contributed by atoms with Crippen LogP contribution in [-0.4, -0.2) is 41.0 Å². The Kier molecular flexibility index (Phi) is 11.3. The first-order chi connectivity index (χ1) is 12.6. The Hall–Kier alpha value is -1.41. The molecule has 0 spiro atoms. The molecule has 0 amide bonds. The van der Waals surface area contributed by atoms with Gasteiger partial charge in [-0.3, -0.25) is 9.20 Å². The standard InChI is InChI=1S/C21H29N3OS.HI/c1-4-22-21(24(3)16-20-13-9-8-10-18(20)2)23-14-15-26(25)17-19-11-6-5-7-12-19;/h5-13H,4,14-17H2,1-3H3,(H,22,23);1H. The summed E-state index contributed by atoms with van der Waals surface area (Å²) in [6.07, 6.45) is 0. The molecule has 0 fully saturated rings. The van der Waals surface area contributed by atoms with Crippen molar-refractivity contribution in [1.29, 1.82) is 0 Å². The highest BCUT2D eigenvalue weighted by Crippen LogP contribution is 2.09. The molecule has 148 valence electrons. The van der Waals surface area contributed by atoms with Gasteiger partial charge in [-0.2, -0.15) is 0 Å². The molecule has 0 saturated carbocycles. The summed E-state index contributed by atoms with van der Waals surface area (Å²) in [7, 11) is 1.14. The van der Waals surface area contributed by atoms with E-state index in [2.05, 4.69) is 53.3 Å². The van der Waals surface area contributed by atoms with E-state index in [1.807, 2.05) is 37.4 Å². The third-order valence-corrected chi connectivity index (χ3v) is 5.41. The van der Waals surface area contributed by atoms with Crippen LogP contribution in [0.3, 0.4) is 0 Å². The van der Waals surface area contributed by atoms with Gasteiger partial charge in [-0.15, -0.1) is 24.0 Å². The zero-order chi connectivity index (χ0) is 18.8. The first-order valence-electron chi connectivity index (χ1n) is 9.03. The Morgan fingerprint density at radius 2 is 1.78 bits per heavy atom. The van der Waals surface area contributed by atoms with Crippen molar-refractivity contribution in [3.8, 4) is 0 Å². The van der Waals surface area contributed by atoms with E-state index in [0.717, 1.165) is 24.6 Å². The molecule has 2 aromatic carbocycles. The van der Waals surface area contributed by atoms with Crippen LogP contribution in [-0.2, 0) is 23.1 Å². The van der Waals surface area contributed by atoms with E-state index in [0.29, 0.717) is 18.1 Å². The Bertz CT molecular complexity index is 737. The monoisotopic (exact) mass is 499 g/mol. The van der Waals surface area contributed by atoms with Crippen molar-refractivity contribution in [2.45, 2.75) is 26.1 Å². The van der Waals surface area contributed by atoms with Gasteiger partial charge in [-0.1, -0.05) is 54.6 Å². The molecule has 4 nitrogen and oxygen atoms in total. The lowest BCUT2D eigenvalue weighted by Gasteiger charge is -2.23. The molecule has 1 unspecified atom stereocenters. The molecule has 0 aliphatic heterocycles. The first-order valence-corrected chi connectivity index (χ1v) is 10.5. The van der Waals surface area contributed by atoms with E-state index in [-0.39, 0.29) is 24.0 Å². The van der Waals surface area contributed by atoms with E-state index < -0.39 is 10.8 Å². The number of halogens is 1. The second-order valence-electron chi connectivity index (χ2n) is 6.29. The van der Waals surface area contributed by atoms with Gasteiger partial charge in [-0.25, -0.2) is 0 Å². The molecule has 0 radical (unpaired) electrons. The van der Waals surface area contributed by atoms with E-state index in [1.54, 1.807) is 0 Å². The van der Waals surface area contributed by atoms with Gasteiger partial charge in [0.15, 0.2) is 5.96 Å². The number of aliphatic imine (C=N–C) groups is 1. The lowest BCUT2D eigenvalue weighted by atomic mass is 10.1. The number of rotatable bonds is 8. The maximum atomic E-state index is 12.3. The Morgan fingerprint density at radius 3 is 2.44 bits per heavy atom. The molecule has 0 aliphatic rings. The summed E-state index contributed by atoms with van der Waals surface area (Å²) < 4.78 is 12.3. The number of guanidine groups is 1. The minimum atomic E-state index is -0.900. The van der Waals surface area contributed by atoms with Crippen LogP contribution < -0.4 is 5.32 Å². The molecule has 1 atom stereocenters. The molecular formula is C21H30IN3OS. The number of hydrogen-bond acceptors (Lipinski definition) is 2. The quantitative estimate of drug-likeness (QED) is 0.340. The van der Waals surface area contributed by atoms with Gasteiger partial charge in [-0.05, 0) is 30.5 Å². The van der Waals surface area contributed by atoms with Crippen molar-refractivity contribution in [1.82, 2.24) is 10.2 Å². The van der Waals surface area contributed by atoms with Crippen LogP contribution in [0.5, 0.6) is 0 Å². The van der Waals surface area contributed by atoms with Crippen LogP contribution in [0.2, 0.25) is 0 Å². The van der Waals surface area contributed by atoms with Gasteiger partial charge in [0.2, 0.25) is 0 Å². The average molecular weight is 499 g/mol. The second-order valence-corrected chi connectivity index (χ2v) is 7.87. The normalized spacial score (nSPS) is 12.2. The van der Waals surface area contributed by atoms with Crippen LogP contribution in [0.4, 0.5) is 0 Å². The van der Waals surface area contributed by atoms with Gasteiger partial charge in [0.1, 0.15) is 0 Å². The van der Waals surface area contributed by atoms with Crippen molar-refractivity contribution < 1.29 is 4.21 Å². The van der Waals surface area contributed by atoms with Gasteiger partial charge < -0.3 is 10.2 Å². The molecule has 27 heavy (non-hydrogen) atoms. The first kappa shape index (κ1) is 23.6. The van der Waals surface area contributed by atoms with E-state index in [1.165, 1.54) is 11.1 Å². The molecule has 2 aromatic rings. The summed E-state index contributed by atoms with van der Waals surface area (Å²) >= 11 is 0. The lowest BCUT2D eigenvalue weighted by molar-refractivity contribution is 0.476. The summed E-state index contributed by atoms with van der Waals surface area (Å²) in [5.41, 5.74) is 3.67. The van der Waals surface area contributed by atoms with Crippen molar-refractivity contribution in [3.63, 3.8) is 0 Å². The number of benzene rings is 2. The largest absolute Gasteiger partial charge is 0.357 e. The zero-order valence-electron chi connectivity index (χ0n) is 16.4. The molecule has 0 aliphatic carbocycles. The summed E-state index contributed by atoms with van der Waals surface area (Å²) in [6.45, 7) is 6.35. The number of nitrogens with one attached hydrogen (secondary N) is 1. The third-order valence-electron chi connectivity index (χ3n) is 4.12. The molecule has 2 rings (SSSR count). The van der Waals surface area contributed by atoms with Crippen molar-refractivity contribution >= 4 is 40.7 Å². The Morgan fingerprint density at radius 1 is 1.11 bits per heavy atom. The smallest absolute Gasteiger partial charge is 0.193 e. The second kappa shape index (κ2) is 12.9. The van der Waals surface area contributed by atoms with Crippen LogP contribution in [0.1, 0.15) is 23.6 Å². The summed E-state index contributed by atoms with van der Waals surface area (Å²) in [5, 5.41) is 3.32. The minimum absolute atomic E-state index is 0. The highest BCUT2D eigenvalue weighted by molar-refractivity contribution is 14.0. The molecule has 1 N–H and O–H groups in total. The fraction of sp³-hybridized carbons (Fsp3) is 0.381. The van der Waals surface area contributed by atoms with Crippen LogP contribution in [0.15, 0.2) is 59.6 Å². The molecule has 0 aromatic heterocycles. The summed E-state index contributed by atoms with van der Waals surface area (Å²) in [6, 6.07) is 18.4. The van der Waals surface area contributed by atoms with E-state index in [9.17, 15) is 4.21 Å². The topological polar surface area (TPSA) is 44.7 Å². The van der Waals surface area contributed by atoms with E-state index in [4.69, 9.17) is 0 Å². The molecule has 0 saturated heterocycles. The maximum Gasteiger partial charge on any atom is 0.193 e. The van der Waals surface area contributed by atoms with Crippen molar-refractivity contribution in [2.24, 2.45) is 4.99 Å². The number of aryl methyl sites for hydroxylation is 1. The summed E-state index contributed by atoms with van der Waals surface area (Å²) in [5.74, 6) is 2.01. The van der Waals surface area contributed by atoms with Gasteiger partial charge in [0, 0.05) is 42.4 Å². The third kappa shape index (κ3) is 8.43. The van der Waals surface area contributed by atoms with Crippen LogP contribution in [0, 0.1) is 6.92 Å². The van der Waals surface area contributed by atoms with Crippen LogP contribution in [0.25, 0.3) is 0 Å². The molecular weight excluding hydrogens is 469 g/mol. The average Bonchev–Trinajstić information content (AvgIpc) is 2.63. The van der Waals surface area contributed by atoms with Gasteiger partial charge >= 0.3 is 0 Å². The van der Waals surface area contributed by atoms with Crippen molar-refractivity contribution in [3.05, 3.63) is 71.3 Å². The van der Waals surface area contributed by atoms with Crippen molar-refractivity contribution in [2.75, 3.05) is 25.9 Å². The Balaban J connectivity index is 0.00000364. The minimum Gasteiger partial charge on any atom is -0.357 e. The van der Waals surface area contributed by atoms with Crippen LogP contribution >= 0.6 is 24.0 Å². The zero-order valence-corrected chi connectivity index (χ0v) is 19.5. The molecule has 0 heterocycles. The summed E-state index contributed by atoms with van der Waals surface area (Å²) in [4.78, 5) is 6.78. The Labute approximate surface area is 182 Å². The highest BCUT2D eigenvalue weighted by atomic mass is 127. The predicted octanol–water partition coefficient (Wildman–Crippen LogP) is 3.96. The number of nitrogens with zero attached hydrogens (tertiary/aromatic N) is 2. The van der Waals surface area contributed by atoms with E-state index >= 15 is 0 Å². The number of hydrogen-bond donors (Lipinski definition) is 1. The predicted molar refractivity (Wildman–Crippen MR) is 127 cm³/mol. The fourth-order valence-electron chi connectivity index (χ4n) is 2.67.